The highest BCUT2D eigenvalue weighted by Gasteiger charge is 2.42. The van der Waals surface area contributed by atoms with Gasteiger partial charge in [-0.3, -0.25) is 4.79 Å². The molecule has 5 heteroatoms. The van der Waals surface area contributed by atoms with Crippen LogP contribution in [0.5, 0.6) is 0 Å². The molecule has 1 aromatic heterocycles. The monoisotopic (exact) mass is 250 g/mol. The van der Waals surface area contributed by atoms with Crippen molar-refractivity contribution in [3.63, 3.8) is 0 Å². The Bertz CT molecular complexity index is 453. The van der Waals surface area contributed by atoms with Gasteiger partial charge in [-0.25, -0.2) is 0 Å². The molecule has 1 N–H and O–H groups in total. The highest BCUT2D eigenvalue weighted by molar-refractivity contribution is 5.71. The van der Waals surface area contributed by atoms with Gasteiger partial charge in [0.2, 0.25) is 5.89 Å². The summed E-state index contributed by atoms with van der Waals surface area (Å²) in [6, 6.07) is 0. The van der Waals surface area contributed by atoms with Crippen LogP contribution >= 0.6 is 0 Å². The molecule has 3 atom stereocenters. The third-order valence-corrected chi connectivity index (χ3v) is 4.27. The first-order chi connectivity index (χ1) is 8.69. The van der Waals surface area contributed by atoms with Crippen molar-refractivity contribution in [1.82, 2.24) is 10.1 Å². The number of aliphatic carboxylic acids is 1. The molecule has 0 amide bonds. The summed E-state index contributed by atoms with van der Waals surface area (Å²) in [5, 5.41) is 13.3. The third-order valence-electron chi connectivity index (χ3n) is 4.27. The number of hydrogen-bond acceptors (Lipinski definition) is 4. The number of nitrogens with zero attached hydrogens (tertiary/aromatic N) is 2. The van der Waals surface area contributed by atoms with Crippen LogP contribution in [0.3, 0.4) is 0 Å². The molecule has 2 aliphatic rings. The summed E-state index contributed by atoms with van der Waals surface area (Å²) < 4.78 is 5.30. The van der Waals surface area contributed by atoms with Crippen molar-refractivity contribution in [1.29, 1.82) is 0 Å². The van der Waals surface area contributed by atoms with Crippen LogP contribution in [0.25, 0.3) is 0 Å². The van der Waals surface area contributed by atoms with Crippen molar-refractivity contribution in [3.05, 3.63) is 11.7 Å². The summed E-state index contributed by atoms with van der Waals surface area (Å²) in [4.78, 5) is 15.7. The number of carboxylic acid groups (broad SMARTS) is 1. The van der Waals surface area contributed by atoms with E-state index >= 15 is 0 Å². The highest BCUT2D eigenvalue weighted by atomic mass is 16.5. The Labute approximate surface area is 106 Å². The molecule has 18 heavy (non-hydrogen) atoms. The summed E-state index contributed by atoms with van der Waals surface area (Å²) in [6.07, 6.45) is 4.87. The SMILES string of the molecule is CCC1CC(C(=O)O)C(c2nc(C3CC3)no2)C1. The molecule has 2 saturated carbocycles. The van der Waals surface area contributed by atoms with Gasteiger partial charge in [0.15, 0.2) is 5.82 Å². The van der Waals surface area contributed by atoms with Gasteiger partial charge in [0.1, 0.15) is 0 Å². The Morgan fingerprint density at radius 2 is 2.22 bits per heavy atom. The van der Waals surface area contributed by atoms with Crippen molar-refractivity contribution >= 4 is 5.97 Å². The molecule has 1 aromatic rings. The van der Waals surface area contributed by atoms with Gasteiger partial charge >= 0.3 is 5.97 Å². The molecule has 0 aromatic carbocycles. The normalized spacial score (nSPS) is 31.7. The quantitative estimate of drug-likeness (QED) is 0.888. The summed E-state index contributed by atoms with van der Waals surface area (Å²) >= 11 is 0. The van der Waals surface area contributed by atoms with Gasteiger partial charge in [-0.15, -0.1) is 0 Å². The highest BCUT2D eigenvalue weighted by Crippen LogP contribution is 2.45. The maximum atomic E-state index is 11.3. The lowest BCUT2D eigenvalue weighted by molar-refractivity contribution is -0.142. The lowest BCUT2D eigenvalue weighted by atomic mass is 9.96. The standard InChI is InChI=1S/C13H18N2O3/c1-2-7-5-9(10(6-7)13(16)17)12-14-11(15-18-12)8-3-4-8/h7-10H,2-6H2,1H3,(H,16,17). The predicted molar refractivity (Wildman–Crippen MR) is 63.2 cm³/mol. The molecule has 1 heterocycles. The van der Waals surface area contributed by atoms with E-state index in [1.165, 1.54) is 0 Å². The van der Waals surface area contributed by atoms with Crippen LogP contribution in [0.4, 0.5) is 0 Å². The first kappa shape index (κ1) is 11.7. The molecular formula is C13H18N2O3. The van der Waals surface area contributed by atoms with Crippen LogP contribution in [-0.4, -0.2) is 21.2 Å². The number of carboxylic acids is 1. The summed E-state index contributed by atoms with van der Waals surface area (Å²) in [5.41, 5.74) is 0. The minimum Gasteiger partial charge on any atom is -0.481 e. The number of rotatable bonds is 4. The average molecular weight is 250 g/mol. The van der Waals surface area contributed by atoms with Crippen molar-refractivity contribution < 1.29 is 14.4 Å². The Balaban J connectivity index is 1.81. The molecular weight excluding hydrogens is 232 g/mol. The van der Waals surface area contributed by atoms with Crippen molar-refractivity contribution in [2.24, 2.45) is 11.8 Å². The summed E-state index contributed by atoms with van der Waals surface area (Å²) in [6.45, 7) is 2.11. The van der Waals surface area contributed by atoms with Crippen LogP contribution < -0.4 is 0 Å². The minimum absolute atomic E-state index is 0.0903. The van der Waals surface area contributed by atoms with Crippen molar-refractivity contribution in [2.45, 2.75) is 50.9 Å². The van der Waals surface area contributed by atoms with Gasteiger partial charge in [0, 0.05) is 5.92 Å². The van der Waals surface area contributed by atoms with Crippen LogP contribution in [0, 0.1) is 11.8 Å². The van der Waals surface area contributed by atoms with Gasteiger partial charge in [0.05, 0.1) is 11.8 Å². The number of carbonyl (C=O) groups is 1. The van der Waals surface area contributed by atoms with E-state index in [4.69, 9.17) is 4.52 Å². The molecule has 2 fully saturated rings. The minimum atomic E-state index is -0.734. The Kier molecular flexibility index (Phi) is 2.84. The van der Waals surface area contributed by atoms with E-state index in [1.807, 2.05) is 0 Å². The molecule has 0 radical (unpaired) electrons. The summed E-state index contributed by atoms with van der Waals surface area (Å²) in [7, 11) is 0. The second-order valence-electron chi connectivity index (χ2n) is 5.56. The van der Waals surface area contributed by atoms with Crippen LogP contribution in [0.2, 0.25) is 0 Å². The maximum absolute atomic E-state index is 11.3. The van der Waals surface area contributed by atoms with Crippen molar-refractivity contribution in [3.8, 4) is 0 Å². The van der Waals surface area contributed by atoms with E-state index in [1.54, 1.807) is 0 Å². The molecule has 0 saturated heterocycles. The summed E-state index contributed by atoms with van der Waals surface area (Å²) in [5.74, 6) is 1.05. The van der Waals surface area contributed by atoms with E-state index in [0.717, 1.165) is 37.9 Å². The Morgan fingerprint density at radius 1 is 1.44 bits per heavy atom. The van der Waals surface area contributed by atoms with E-state index in [9.17, 15) is 9.90 Å². The molecule has 98 valence electrons. The predicted octanol–water partition coefficient (Wildman–Crippen LogP) is 2.55. The zero-order valence-corrected chi connectivity index (χ0v) is 10.5. The Morgan fingerprint density at radius 3 is 2.83 bits per heavy atom. The van der Waals surface area contributed by atoms with Gasteiger partial charge in [0.25, 0.3) is 0 Å². The smallest absolute Gasteiger partial charge is 0.307 e. The van der Waals surface area contributed by atoms with E-state index < -0.39 is 5.97 Å². The van der Waals surface area contributed by atoms with E-state index in [-0.39, 0.29) is 11.8 Å². The van der Waals surface area contributed by atoms with Crippen LogP contribution in [-0.2, 0) is 4.79 Å². The topological polar surface area (TPSA) is 76.2 Å². The van der Waals surface area contributed by atoms with Gasteiger partial charge < -0.3 is 9.63 Å². The molecule has 5 nitrogen and oxygen atoms in total. The lowest BCUT2D eigenvalue weighted by Crippen LogP contribution is -2.17. The number of aromatic nitrogens is 2. The largest absolute Gasteiger partial charge is 0.481 e. The van der Waals surface area contributed by atoms with E-state index in [0.29, 0.717) is 17.7 Å². The van der Waals surface area contributed by atoms with Gasteiger partial charge in [-0.05, 0) is 31.6 Å². The fourth-order valence-electron chi connectivity index (χ4n) is 2.93. The molecule has 0 bridgehead atoms. The van der Waals surface area contributed by atoms with Gasteiger partial charge in [-0.2, -0.15) is 4.98 Å². The first-order valence-corrected chi connectivity index (χ1v) is 6.75. The zero-order valence-electron chi connectivity index (χ0n) is 10.5. The first-order valence-electron chi connectivity index (χ1n) is 6.75. The maximum Gasteiger partial charge on any atom is 0.307 e. The molecule has 3 rings (SSSR count). The number of hydrogen-bond donors (Lipinski definition) is 1. The zero-order chi connectivity index (χ0) is 12.7. The fourth-order valence-corrected chi connectivity index (χ4v) is 2.93. The molecule has 2 aliphatic carbocycles. The molecule has 3 unspecified atom stereocenters. The Hall–Kier alpha value is -1.39. The van der Waals surface area contributed by atoms with Crippen LogP contribution in [0.1, 0.15) is 62.6 Å². The molecule has 0 aliphatic heterocycles. The van der Waals surface area contributed by atoms with E-state index in [2.05, 4.69) is 17.1 Å². The third kappa shape index (κ3) is 2.02. The molecule has 0 spiro atoms. The van der Waals surface area contributed by atoms with Crippen LogP contribution in [0.15, 0.2) is 4.52 Å². The second kappa shape index (κ2) is 4.37. The fraction of sp³-hybridized carbons (Fsp3) is 0.769. The van der Waals surface area contributed by atoms with Crippen molar-refractivity contribution in [2.75, 3.05) is 0 Å². The van der Waals surface area contributed by atoms with Gasteiger partial charge in [-0.1, -0.05) is 18.5 Å². The second-order valence-corrected chi connectivity index (χ2v) is 5.56. The lowest BCUT2D eigenvalue weighted by Gasteiger charge is -2.09. The average Bonchev–Trinajstić information content (AvgIpc) is 2.94.